The van der Waals surface area contributed by atoms with Gasteiger partial charge in [0.15, 0.2) is 9.84 Å². The fraction of sp³-hybridized carbons (Fsp3) is 0.800. The molecule has 0 radical (unpaired) electrons. The molecule has 2 rings (SSSR count). The highest BCUT2D eigenvalue weighted by Crippen LogP contribution is 2.38. The Morgan fingerprint density at radius 2 is 1.77 bits per heavy atom. The van der Waals surface area contributed by atoms with Crippen molar-refractivity contribution in [2.45, 2.75) is 49.5 Å². The summed E-state index contributed by atoms with van der Waals surface area (Å²) in [5, 5.41) is -0.0996. The van der Waals surface area contributed by atoms with E-state index in [9.17, 15) is 8.42 Å². The number of allylic oxidation sites excluding steroid dienone is 2. The Balaban J connectivity index is 2.33. The maximum atomic E-state index is 11.8. The van der Waals surface area contributed by atoms with E-state index in [1.165, 1.54) is 5.57 Å². The minimum absolute atomic E-state index is 0.0498. The molecule has 2 nitrogen and oxygen atoms in total. The standard InChI is InChI=1S/C10H16O2S/c1-2-8-6-9-4-3-5-10(7-8)13(9,11)12/h2,9-10H,3-7H2,1H3. The molecule has 0 N–H and O–H groups in total. The molecule has 13 heavy (non-hydrogen) atoms. The van der Waals surface area contributed by atoms with Gasteiger partial charge in [-0.15, -0.1) is 0 Å². The zero-order valence-corrected chi connectivity index (χ0v) is 8.81. The van der Waals surface area contributed by atoms with Crippen LogP contribution in [0.3, 0.4) is 0 Å². The lowest BCUT2D eigenvalue weighted by Gasteiger charge is -2.35. The van der Waals surface area contributed by atoms with Gasteiger partial charge in [0.1, 0.15) is 0 Å². The third-order valence-corrected chi connectivity index (χ3v) is 6.03. The second kappa shape index (κ2) is 3.12. The molecule has 2 heterocycles. The lowest BCUT2D eigenvalue weighted by atomic mass is 9.94. The maximum Gasteiger partial charge on any atom is 0.156 e. The van der Waals surface area contributed by atoms with E-state index in [-0.39, 0.29) is 10.5 Å². The summed E-state index contributed by atoms with van der Waals surface area (Å²) in [6.07, 6.45) is 6.57. The molecule has 0 spiro atoms. The molecule has 2 saturated heterocycles. The van der Waals surface area contributed by atoms with Crippen LogP contribution in [0.25, 0.3) is 0 Å². The molecule has 2 atom stereocenters. The molecular formula is C10H16O2S. The fourth-order valence-corrected chi connectivity index (χ4v) is 4.94. The number of rotatable bonds is 0. The van der Waals surface area contributed by atoms with Crippen molar-refractivity contribution in [3.8, 4) is 0 Å². The summed E-state index contributed by atoms with van der Waals surface area (Å²) >= 11 is 0. The molecule has 3 heteroatoms. The Morgan fingerprint density at radius 3 is 2.23 bits per heavy atom. The summed E-state index contributed by atoms with van der Waals surface area (Å²) in [4.78, 5) is 0. The van der Waals surface area contributed by atoms with Gasteiger partial charge < -0.3 is 0 Å². The van der Waals surface area contributed by atoms with Crippen LogP contribution in [-0.2, 0) is 9.84 Å². The van der Waals surface area contributed by atoms with Gasteiger partial charge in [-0.3, -0.25) is 0 Å². The van der Waals surface area contributed by atoms with Gasteiger partial charge in [-0.1, -0.05) is 18.1 Å². The predicted molar refractivity (Wildman–Crippen MR) is 53.3 cm³/mol. The van der Waals surface area contributed by atoms with E-state index in [1.807, 2.05) is 6.92 Å². The van der Waals surface area contributed by atoms with Crippen LogP contribution in [0.2, 0.25) is 0 Å². The van der Waals surface area contributed by atoms with E-state index in [2.05, 4.69) is 6.08 Å². The molecule has 2 bridgehead atoms. The SMILES string of the molecule is CC=C1CC2CCCC(C1)S2(=O)=O. The van der Waals surface area contributed by atoms with Gasteiger partial charge in [0.25, 0.3) is 0 Å². The highest BCUT2D eigenvalue weighted by Gasteiger charge is 2.41. The van der Waals surface area contributed by atoms with Gasteiger partial charge >= 0.3 is 0 Å². The zero-order valence-electron chi connectivity index (χ0n) is 7.99. The van der Waals surface area contributed by atoms with Crippen molar-refractivity contribution in [2.24, 2.45) is 0 Å². The van der Waals surface area contributed by atoms with Crippen molar-refractivity contribution in [3.63, 3.8) is 0 Å². The lowest BCUT2D eigenvalue weighted by Crippen LogP contribution is -2.40. The molecule has 2 aliphatic rings. The summed E-state index contributed by atoms with van der Waals surface area (Å²) in [6, 6.07) is 0. The Morgan fingerprint density at radius 1 is 1.23 bits per heavy atom. The van der Waals surface area contributed by atoms with Gasteiger partial charge in [0.05, 0.1) is 10.5 Å². The topological polar surface area (TPSA) is 34.1 Å². The van der Waals surface area contributed by atoms with Crippen LogP contribution in [0.1, 0.15) is 39.0 Å². The Labute approximate surface area is 79.9 Å². The molecule has 0 aromatic carbocycles. The van der Waals surface area contributed by atoms with Gasteiger partial charge in [-0.05, 0) is 32.6 Å². The van der Waals surface area contributed by atoms with E-state index >= 15 is 0 Å². The Bertz CT molecular complexity index is 305. The fourth-order valence-electron chi connectivity index (χ4n) is 2.51. The van der Waals surface area contributed by atoms with Crippen molar-refractivity contribution in [1.82, 2.24) is 0 Å². The number of hydrogen-bond donors (Lipinski definition) is 0. The molecule has 2 fully saturated rings. The molecule has 0 aliphatic carbocycles. The van der Waals surface area contributed by atoms with Crippen LogP contribution < -0.4 is 0 Å². The molecule has 0 saturated carbocycles. The van der Waals surface area contributed by atoms with Crippen molar-refractivity contribution < 1.29 is 8.42 Å². The van der Waals surface area contributed by atoms with Crippen molar-refractivity contribution >= 4 is 9.84 Å². The summed E-state index contributed by atoms with van der Waals surface area (Å²) in [7, 11) is -2.75. The predicted octanol–water partition coefficient (Wildman–Crippen LogP) is 2.06. The van der Waals surface area contributed by atoms with Crippen LogP contribution in [0.4, 0.5) is 0 Å². The van der Waals surface area contributed by atoms with Gasteiger partial charge in [0.2, 0.25) is 0 Å². The third kappa shape index (κ3) is 1.43. The molecule has 2 unspecified atom stereocenters. The first kappa shape index (κ1) is 9.25. The smallest absolute Gasteiger partial charge is 0.156 e. The largest absolute Gasteiger partial charge is 0.228 e. The summed E-state index contributed by atoms with van der Waals surface area (Å²) in [6.45, 7) is 2.02. The van der Waals surface area contributed by atoms with Crippen LogP contribution >= 0.6 is 0 Å². The number of sulfone groups is 1. The number of fused-ring (bicyclic) bond motifs is 2. The van der Waals surface area contributed by atoms with Crippen molar-refractivity contribution in [2.75, 3.05) is 0 Å². The average molecular weight is 200 g/mol. The summed E-state index contributed by atoms with van der Waals surface area (Å²) in [5.41, 5.74) is 1.35. The van der Waals surface area contributed by atoms with Crippen molar-refractivity contribution in [3.05, 3.63) is 11.6 Å². The summed E-state index contributed by atoms with van der Waals surface area (Å²) < 4.78 is 23.7. The van der Waals surface area contributed by atoms with Crippen molar-refractivity contribution in [1.29, 1.82) is 0 Å². The van der Waals surface area contributed by atoms with E-state index in [4.69, 9.17) is 0 Å². The van der Waals surface area contributed by atoms with E-state index < -0.39 is 9.84 Å². The molecule has 0 aromatic rings. The van der Waals surface area contributed by atoms with E-state index in [0.717, 1.165) is 32.1 Å². The molecule has 74 valence electrons. The minimum Gasteiger partial charge on any atom is -0.228 e. The normalized spacial score (nSPS) is 37.2. The highest BCUT2D eigenvalue weighted by atomic mass is 32.2. The Hall–Kier alpha value is -0.310. The first-order valence-electron chi connectivity index (χ1n) is 5.01. The average Bonchev–Trinajstić information content (AvgIpc) is 2.02. The van der Waals surface area contributed by atoms with E-state index in [1.54, 1.807) is 0 Å². The molecule has 0 amide bonds. The second-order valence-electron chi connectivity index (χ2n) is 4.12. The first-order chi connectivity index (χ1) is 6.14. The summed E-state index contributed by atoms with van der Waals surface area (Å²) in [5.74, 6) is 0. The highest BCUT2D eigenvalue weighted by molar-refractivity contribution is 7.92. The van der Waals surface area contributed by atoms with Crippen LogP contribution in [0.15, 0.2) is 11.6 Å². The molecular weight excluding hydrogens is 184 g/mol. The van der Waals surface area contributed by atoms with E-state index in [0.29, 0.717) is 0 Å². The van der Waals surface area contributed by atoms with Gasteiger partial charge in [-0.25, -0.2) is 8.42 Å². The third-order valence-electron chi connectivity index (χ3n) is 3.37. The molecule has 0 aromatic heterocycles. The van der Waals surface area contributed by atoms with Gasteiger partial charge in [-0.2, -0.15) is 0 Å². The first-order valence-corrected chi connectivity index (χ1v) is 6.62. The van der Waals surface area contributed by atoms with Crippen LogP contribution in [0, 0.1) is 0 Å². The second-order valence-corrected chi connectivity index (χ2v) is 6.63. The minimum atomic E-state index is -2.75. The Kier molecular flexibility index (Phi) is 2.22. The zero-order chi connectivity index (χ0) is 9.47. The lowest BCUT2D eigenvalue weighted by molar-refractivity contribution is 0.473. The van der Waals surface area contributed by atoms with Crippen LogP contribution in [-0.4, -0.2) is 18.9 Å². The quantitative estimate of drug-likeness (QED) is 0.561. The van der Waals surface area contributed by atoms with Crippen LogP contribution in [0.5, 0.6) is 0 Å². The monoisotopic (exact) mass is 200 g/mol. The maximum absolute atomic E-state index is 11.8. The number of hydrogen-bond acceptors (Lipinski definition) is 2. The van der Waals surface area contributed by atoms with Gasteiger partial charge in [0, 0.05) is 0 Å². The molecule has 2 aliphatic heterocycles.